The summed E-state index contributed by atoms with van der Waals surface area (Å²) in [6, 6.07) is 14.0. The quantitative estimate of drug-likeness (QED) is 0.364. The number of hydrogen-bond acceptors (Lipinski definition) is 5. The van der Waals surface area contributed by atoms with Crippen LogP contribution in [-0.4, -0.2) is 32.0 Å². The van der Waals surface area contributed by atoms with Gasteiger partial charge in [0.15, 0.2) is 0 Å². The van der Waals surface area contributed by atoms with Crippen molar-refractivity contribution in [2.75, 3.05) is 11.9 Å². The number of hydrogen-bond donors (Lipinski definition) is 3. The van der Waals surface area contributed by atoms with E-state index in [0.29, 0.717) is 18.8 Å². The summed E-state index contributed by atoms with van der Waals surface area (Å²) in [5, 5.41) is 6.94. The molecule has 0 bridgehead atoms. The fourth-order valence-electron chi connectivity index (χ4n) is 3.38. The van der Waals surface area contributed by atoms with E-state index in [1.165, 1.54) is 22.7 Å². The molecular formula is C23H24N6O2. The highest BCUT2D eigenvalue weighted by Crippen LogP contribution is 2.13. The molecule has 0 radical (unpaired) electrons. The number of benzene rings is 1. The van der Waals surface area contributed by atoms with E-state index >= 15 is 0 Å². The number of carbonyl (C=O) groups excluding carboxylic acids is 1. The van der Waals surface area contributed by atoms with Gasteiger partial charge in [-0.25, -0.2) is 4.98 Å². The Kier molecular flexibility index (Phi) is 6.37. The highest BCUT2D eigenvalue weighted by Gasteiger charge is 2.09. The van der Waals surface area contributed by atoms with Crippen molar-refractivity contribution in [2.24, 2.45) is 0 Å². The van der Waals surface area contributed by atoms with E-state index in [-0.39, 0.29) is 18.0 Å². The highest BCUT2D eigenvalue weighted by atomic mass is 16.2. The summed E-state index contributed by atoms with van der Waals surface area (Å²) in [6.07, 6.45) is 8.17. The number of rotatable bonds is 9. The maximum atomic E-state index is 12.6. The third kappa shape index (κ3) is 5.36. The van der Waals surface area contributed by atoms with Gasteiger partial charge in [0.25, 0.3) is 5.56 Å². The second kappa shape index (κ2) is 9.71. The Labute approximate surface area is 179 Å². The Morgan fingerprint density at radius 2 is 1.97 bits per heavy atom. The van der Waals surface area contributed by atoms with E-state index in [4.69, 9.17) is 0 Å². The molecule has 0 saturated carbocycles. The first-order valence-electron chi connectivity index (χ1n) is 10.2. The zero-order chi connectivity index (χ0) is 21.5. The number of fused-ring (bicyclic) bond motifs is 1. The molecule has 0 aliphatic heterocycles. The van der Waals surface area contributed by atoms with Crippen LogP contribution in [0.3, 0.4) is 0 Å². The van der Waals surface area contributed by atoms with Crippen molar-refractivity contribution < 1.29 is 4.79 Å². The fourth-order valence-corrected chi connectivity index (χ4v) is 3.38. The minimum Gasteiger partial charge on any atom is -0.379 e. The van der Waals surface area contributed by atoms with Crippen LogP contribution in [0.2, 0.25) is 0 Å². The maximum absolute atomic E-state index is 12.6. The van der Waals surface area contributed by atoms with E-state index in [9.17, 15) is 9.59 Å². The number of pyridine rings is 1. The van der Waals surface area contributed by atoms with Gasteiger partial charge in [0.05, 0.1) is 19.1 Å². The van der Waals surface area contributed by atoms with E-state index in [2.05, 4.69) is 37.7 Å². The summed E-state index contributed by atoms with van der Waals surface area (Å²) in [6.45, 7) is 0.900. The molecule has 8 nitrogen and oxygen atoms in total. The van der Waals surface area contributed by atoms with Gasteiger partial charge < -0.3 is 15.6 Å². The molecule has 0 aliphatic rings. The molecule has 8 heteroatoms. The first kappa shape index (κ1) is 20.3. The lowest BCUT2D eigenvalue weighted by Crippen LogP contribution is -2.33. The van der Waals surface area contributed by atoms with Crippen LogP contribution in [0.5, 0.6) is 0 Å². The molecule has 158 valence electrons. The van der Waals surface area contributed by atoms with Crippen molar-refractivity contribution in [3.63, 3.8) is 0 Å². The molecule has 3 heterocycles. The smallest absolute Gasteiger partial charge is 0.277 e. The number of aromatic nitrogens is 4. The molecule has 3 N–H and O–H groups in total. The number of H-pyrrole nitrogens is 1. The van der Waals surface area contributed by atoms with E-state index < -0.39 is 0 Å². The van der Waals surface area contributed by atoms with Gasteiger partial charge in [-0.2, -0.15) is 0 Å². The first-order valence-corrected chi connectivity index (χ1v) is 10.2. The van der Waals surface area contributed by atoms with Gasteiger partial charge in [0, 0.05) is 35.5 Å². The normalized spacial score (nSPS) is 10.8. The van der Waals surface area contributed by atoms with Gasteiger partial charge in [-0.3, -0.25) is 19.1 Å². The molecule has 0 unspecified atom stereocenters. The largest absolute Gasteiger partial charge is 0.379 e. The van der Waals surface area contributed by atoms with Crippen molar-refractivity contribution in [1.29, 1.82) is 0 Å². The highest BCUT2D eigenvalue weighted by molar-refractivity contribution is 5.79. The summed E-state index contributed by atoms with van der Waals surface area (Å²) < 4.78 is 1.31. The minimum atomic E-state index is -0.262. The van der Waals surface area contributed by atoms with Gasteiger partial charge in [-0.05, 0) is 30.5 Å². The van der Waals surface area contributed by atoms with Crippen molar-refractivity contribution in [2.45, 2.75) is 25.9 Å². The van der Waals surface area contributed by atoms with Crippen LogP contribution >= 0.6 is 0 Å². The first-order chi connectivity index (χ1) is 15.2. The number of carbonyl (C=O) groups is 1. The van der Waals surface area contributed by atoms with E-state index in [0.717, 1.165) is 29.4 Å². The van der Waals surface area contributed by atoms with Crippen LogP contribution in [0.15, 0.2) is 72.2 Å². The van der Waals surface area contributed by atoms with E-state index in [1.807, 2.05) is 30.3 Å². The number of aromatic amines is 1. The average Bonchev–Trinajstić information content (AvgIpc) is 3.21. The Bertz CT molecular complexity index is 1180. The monoisotopic (exact) mass is 416 g/mol. The minimum absolute atomic E-state index is 0.0901. The summed E-state index contributed by atoms with van der Waals surface area (Å²) in [4.78, 5) is 36.4. The lowest BCUT2D eigenvalue weighted by molar-refractivity contribution is -0.121. The molecule has 0 aliphatic carbocycles. The molecule has 31 heavy (non-hydrogen) atoms. The van der Waals surface area contributed by atoms with Crippen molar-refractivity contribution in [3.05, 3.63) is 89.0 Å². The zero-order valence-electron chi connectivity index (χ0n) is 17.0. The molecule has 0 atom stereocenters. The van der Waals surface area contributed by atoms with Crippen LogP contribution in [0, 0.1) is 0 Å². The molecular weight excluding hydrogens is 392 g/mol. The Morgan fingerprint density at radius 3 is 2.81 bits per heavy atom. The number of nitrogens with zero attached hydrogens (tertiary/aromatic N) is 3. The molecule has 0 saturated heterocycles. The fraction of sp³-hybridized carbons (Fsp3) is 0.217. The van der Waals surface area contributed by atoms with Crippen LogP contribution in [0.25, 0.3) is 10.9 Å². The number of amides is 1. The molecule has 4 aromatic rings. The summed E-state index contributed by atoms with van der Waals surface area (Å²) in [5.41, 5.74) is 3.23. The van der Waals surface area contributed by atoms with E-state index in [1.54, 1.807) is 12.4 Å². The predicted molar refractivity (Wildman–Crippen MR) is 120 cm³/mol. The number of aryl methyl sites for hydroxylation is 1. The second-order valence-corrected chi connectivity index (χ2v) is 7.29. The predicted octanol–water partition coefficient (Wildman–Crippen LogP) is 2.48. The Balaban J connectivity index is 1.28. The lowest BCUT2D eigenvalue weighted by Gasteiger charge is -2.10. The van der Waals surface area contributed by atoms with Crippen molar-refractivity contribution in [1.82, 2.24) is 24.8 Å². The third-order valence-corrected chi connectivity index (χ3v) is 4.97. The Morgan fingerprint density at radius 1 is 1.10 bits per heavy atom. The van der Waals surface area contributed by atoms with Crippen molar-refractivity contribution in [3.8, 4) is 0 Å². The lowest BCUT2D eigenvalue weighted by atomic mass is 10.1. The zero-order valence-corrected chi connectivity index (χ0v) is 17.0. The SMILES string of the molecule is O=C(Cn1cncc(NCCCc2ccccc2)c1=O)NCc1cc2cnccc2[nH]1. The van der Waals surface area contributed by atoms with Gasteiger partial charge in [0.1, 0.15) is 12.2 Å². The van der Waals surface area contributed by atoms with Crippen LogP contribution in [-0.2, 0) is 24.3 Å². The molecule has 1 amide bonds. The summed E-state index contributed by atoms with van der Waals surface area (Å²) >= 11 is 0. The Hall–Kier alpha value is -3.94. The molecule has 1 aromatic carbocycles. The van der Waals surface area contributed by atoms with Crippen LogP contribution in [0.1, 0.15) is 17.7 Å². The summed E-state index contributed by atoms with van der Waals surface area (Å²) in [5.74, 6) is -0.262. The number of nitrogens with one attached hydrogen (secondary N) is 3. The standard InChI is InChI=1S/C23H24N6O2/c30-22(27-13-19-11-18-12-24-10-8-20(18)28-19)15-29-16-25-14-21(23(29)31)26-9-4-7-17-5-2-1-3-6-17/h1-3,5-6,8,10-12,14,16,26,28H,4,7,9,13,15H2,(H,27,30). The number of anilines is 1. The average molecular weight is 416 g/mol. The van der Waals surface area contributed by atoms with Crippen LogP contribution < -0.4 is 16.2 Å². The van der Waals surface area contributed by atoms with Gasteiger partial charge in [0.2, 0.25) is 5.91 Å². The van der Waals surface area contributed by atoms with Gasteiger partial charge >= 0.3 is 0 Å². The molecule has 0 fully saturated rings. The molecule has 3 aromatic heterocycles. The maximum Gasteiger partial charge on any atom is 0.277 e. The van der Waals surface area contributed by atoms with Crippen molar-refractivity contribution >= 4 is 22.5 Å². The third-order valence-electron chi connectivity index (χ3n) is 4.97. The molecule has 4 rings (SSSR count). The topological polar surface area (TPSA) is 105 Å². The van der Waals surface area contributed by atoms with Gasteiger partial charge in [-0.1, -0.05) is 30.3 Å². The van der Waals surface area contributed by atoms with Gasteiger partial charge in [-0.15, -0.1) is 0 Å². The van der Waals surface area contributed by atoms with Crippen LogP contribution in [0.4, 0.5) is 5.69 Å². The molecule has 0 spiro atoms. The summed E-state index contributed by atoms with van der Waals surface area (Å²) in [7, 11) is 0. The second-order valence-electron chi connectivity index (χ2n) is 7.29.